The Kier molecular flexibility index (Phi) is 5.26. The van der Waals surface area contributed by atoms with Crippen LogP contribution in [0.25, 0.3) is 0 Å². The quantitative estimate of drug-likeness (QED) is 0.580. The van der Waals surface area contributed by atoms with Crippen LogP contribution in [0.2, 0.25) is 0 Å². The number of benzene rings is 1. The number of amides is 1. The van der Waals surface area contributed by atoms with Crippen LogP contribution in [0.5, 0.6) is 0 Å². The van der Waals surface area contributed by atoms with Crippen LogP contribution in [-0.4, -0.2) is 32.9 Å². The Morgan fingerprint density at radius 3 is 2.82 bits per heavy atom. The van der Waals surface area contributed by atoms with Crippen molar-refractivity contribution in [2.75, 3.05) is 13.2 Å². The number of esters is 1. The van der Waals surface area contributed by atoms with Crippen LogP contribution in [0.1, 0.15) is 23.7 Å². The molecule has 4 nitrogen and oxygen atoms in total. The first-order valence-corrected chi connectivity index (χ1v) is 5.43. The molecule has 0 saturated heterocycles. The van der Waals surface area contributed by atoms with E-state index in [1.165, 1.54) is 0 Å². The van der Waals surface area contributed by atoms with E-state index in [1.54, 1.807) is 31.2 Å². The van der Waals surface area contributed by atoms with Crippen LogP contribution in [-0.2, 0) is 9.53 Å². The van der Waals surface area contributed by atoms with Gasteiger partial charge in [0.25, 0.3) is 5.91 Å². The molecular formula is C12H14BNO3. The zero-order valence-corrected chi connectivity index (χ0v) is 9.73. The minimum Gasteiger partial charge on any atom is -0.466 e. The first kappa shape index (κ1) is 13.3. The first-order chi connectivity index (χ1) is 8.13. The van der Waals surface area contributed by atoms with Crippen molar-refractivity contribution in [2.24, 2.45) is 0 Å². The average Bonchev–Trinajstić information content (AvgIpc) is 2.29. The van der Waals surface area contributed by atoms with E-state index in [2.05, 4.69) is 5.32 Å². The molecule has 0 spiro atoms. The van der Waals surface area contributed by atoms with E-state index in [0.29, 0.717) is 17.6 Å². The second-order valence-electron chi connectivity index (χ2n) is 3.44. The molecule has 17 heavy (non-hydrogen) atoms. The van der Waals surface area contributed by atoms with E-state index in [4.69, 9.17) is 12.6 Å². The summed E-state index contributed by atoms with van der Waals surface area (Å²) in [5, 5.41) is 2.62. The zero-order valence-electron chi connectivity index (χ0n) is 9.73. The smallest absolute Gasteiger partial charge is 0.307 e. The molecule has 0 bridgehead atoms. The second-order valence-corrected chi connectivity index (χ2v) is 3.44. The summed E-state index contributed by atoms with van der Waals surface area (Å²) in [5.74, 6) is -0.568. The van der Waals surface area contributed by atoms with Crippen LogP contribution in [0, 0.1) is 0 Å². The van der Waals surface area contributed by atoms with Gasteiger partial charge in [0.05, 0.1) is 13.0 Å². The highest BCUT2D eigenvalue weighted by molar-refractivity contribution is 6.32. The van der Waals surface area contributed by atoms with E-state index in [-0.39, 0.29) is 24.8 Å². The average molecular weight is 231 g/mol. The van der Waals surface area contributed by atoms with Gasteiger partial charge in [0.2, 0.25) is 0 Å². The fraction of sp³-hybridized carbons (Fsp3) is 0.333. The second kappa shape index (κ2) is 6.73. The Hall–Kier alpha value is -1.78. The lowest BCUT2D eigenvalue weighted by molar-refractivity contribution is -0.142. The lowest BCUT2D eigenvalue weighted by Crippen LogP contribution is -2.27. The molecule has 0 fully saturated rings. The van der Waals surface area contributed by atoms with Crippen molar-refractivity contribution in [3.05, 3.63) is 29.8 Å². The number of carbonyl (C=O) groups excluding carboxylic acids is 2. The van der Waals surface area contributed by atoms with E-state index >= 15 is 0 Å². The molecule has 88 valence electrons. The summed E-state index contributed by atoms with van der Waals surface area (Å²) in [6.45, 7) is 2.34. The van der Waals surface area contributed by atoms with E-state index in [1.807, 2.05) is 0 Å². The minimum atomic E-state index is -0.319. The predicted octanol–water partition coefficient (Wildman–Crippen LogP) is 0.163. The van der Waals surface area contributed by atoms with Crippen LogP contribution >= 0.6 is 0 Å². The molecule has 1 amide bonds. The lowest BCUT2D eigenvalue weighted by atomic mass is 9.94. The number of hydrogen-bond acceptors (Lipinski definition) is 3. The Balaban J connectivity index is 2.38. The number of rotatable bonds is 5. The largest absolute Gasteiger partial charge is 0.466 e. The summed E-state index contributed by atoms with van der Waals surface area (Å²) in [4.78, 5) is 22.6. The molecule has 5 heteroatoms. The van der Waals surface area contributed by atoms with Gasteiger partial charge in [0.15, 0.2) is 0 Å². The van der Waals surface area contributed by atoms with Crippen molar-refractivity contribution in [2.45, 2.75) is 13.3 Å². The standard InChI is InChI=1S/C12H14BNO3/c1-2-17-11(15)6-7-14-12(16)9-4-3-5-10(13)8-9/h3-5,8H,2,6-7H2,1H3,(H,14,16). The number of carbonyl (C=O) groups is 2. The summed E-state index contributed by atoms with van der Waals surface area (Å²) in [6.07, 6.45) is 0.169. The molecule has 1 rings (SSSR count). The third kappa shape index (κ3) is 4.72. The highest BCUT2D eigenvalue weighted by atomic mass is 16.5. The van der Waals surface area contributed by atoms with E-state index < -0.39 is 0 Å². The molecule has 0 aliphatic rings. The molecule has 0 saturated carbocycles. The van der Waals surface area contributed by atoms with Gasteiger partial charge in [-0.05, 0) is 13.0 Å². The molecule has 2 radical (unpaired) electrons. The number of nitrogens with one attached hydrogen (secondary N) is 1. The molecule has 1 aromatic carbocycles. The molecule has 1 N–H and O–H groups in total. The minimum absolute atomic E-state index is 0.169. The topological polar surface area (TPSA) is 55.4 Å². The monoisotopic (exact) mass is 231 g/mol. The van der Waals surface area contributed by atoms with Crippen LogP contribution < -0.4 is 10.8 Å². The van der Waals surface area contributed by atoms with Crippen molar-refractivity contribution in [1.29, 1.82) is 0 Å². The normalized spacial score (nSPS) is 9.71. The Labute approximate surface area is 102 Å². The number of hydrogen-bond donors (Lipinski definition) is 1. The Bertz CT molecular complexity index is 406. The summed E-state index contributed by atoms with van der Waals surface area (Å²) >= 11 is 0. The molecule has 0 aliphatic heterocycles. The summed E-state index contributed by atoms with van der Waals surface area (Å²) in [5.41, 5.74) is 1.01. The van der Waals surface area contributed by atoms with Gasteiger partial charge >= 0.3 is 5.97 Å². The summed E-state index contributed by atoms with van der Waals surface area (Å²) in [7, 11) is 5.56. The number of ether oxygens (including phenoxy) is 1. The van der Waals surface area contributed by atoms with Gasteiger partial charge in [-0.3, -0.25) is 9.59 Å². The Morgan fingerprint density at radius 1 is 1.41 bits per heavy atom. The van der Waals surface area contributed by atoms with Crippen molar-refractivity contribution >= 4 is 25.2 Å². The van der Waals surface area contributed by atoms with Crippen molar-refractivity contribution in [3.8, 4) is 0 Å². The first-order valence-electron chi connectivity index (χ1n) is 5.43. The predicted molar refractivity (Wildman–Crippen MR) is 65.4 cm³/mol. The fourth-order valence-corrected chi connectivity index (χ4v) is 1.29. The van der Waals surface area contributed by atoms with Crippen LogP contribution in [0.15, 0.2) is 24.3 Å². The maximum Gasteiger partial charge on any atom is 0.307 e. The van der Waals surface area contributed by atoms with Gasteiger partial charge < -0.3 is 10.1 Å². The van der Waals surface area contributed by atoms with Gasteiger partial charge in [-0.25, -0.2) is 0 Å². The zero-order chi connectivity index (χ0) is 12.7. The molecule has 0 atom stereocenters. The molecule has 0 heterocycles. The molecule has 0 aliphatic carbocycles. The SMILES string of the molecule is [B]c1cccc(C(=O)NCCC(=O)OCC)c1. The van der Waals surface area contributed by atoms with Gasteiger partial charge in [0, 0.05) is 12.1 Å². The molecule has 1 aromatic rings. The van der Waals surface area contributed by atoms with E-state index in [9.17, 15) is 9.59 Å². The van der Waals surface area contributed by atoms with Crippen LogP contribution in [0.3, 0.4) is 0 Å². The van der Waals surface area contributed by atoms with Crippen molar-refractivity contribution in [3.63, 3.8) is 0 Å². The van der Waals surface area contributed by atoms with Gasteiger partial charge in [-0.15, -0.1) is 0 Å². The molecule has 0 unspecified atom stereocenters. The van der Waals surface area contributed by atoms with Gasteiger partial charge in [-0.2, -0.15) is 0 Å². The summed E-state index contributed by atoms with van der Waals surface area (Å²) < 4.78 is 4.74. The third-order valence-corrected chi connectivity index (χ3v) is 2.07. The van der Waals surface area contributed by atoms with Crippen LogP contribution in [0.4, 0.5) is 0 Å². The maximum atomic E-state index is 11.6. The highest BCUT2D eigenvalue weighted by Gasteiger charge is 2.06. The van der Waals surface area contributed by atoms with Gasteiger partial charge in [0.1, 0.15) is 7.85 Å². The van der Waals surface area contributed by atoms with E-state index in [0.717, 1.165) is 0 Å². The highest BCUT2D eigenvalue weighted by Crippen LogP contribution is 1.96. The third-order valence-electron chi connectivity index (χ3n) is 2.07. The van der Waals surface area contributed by atoms with Gasteiger partial charge in [-0.1, -0.05) is 23.7 Å². The van der Waals surface area contributed by atoms with Crippen molar-refractivity contribution in [1.82, 2.24) is 5.32 Å². The Morgan fingerprint density at radius 2 is 2.18 bits per heavy atom. The maximum absolute atomic E-state index is 11.6. The van der Waals surface area contributed by atoms with Crippen molar-refractivity contribution < 1.29 is 14.3 Å². The lowest BCUT2D eigenvalue weighted by Gasteiger charge is -2.05. The fourth-order valence-electron chi connectivity index (χ4n) is 1.29. The summed E-state index contributed by atoms with van der Waals surface area (Å²) in [6, 6.07) is 6.65. The molecular weight excluding hydrogens is 217 g/mol. The molecule has 0 aromatic heterocycles.